The molecule has 0 saturated carbocycles. The Morgan fingerprint density at radius 3 is 2.84 bits per heavy atom. The molecule has 0 amide bonds. The number of aromatic nitrogens is 1. The van der Waals surface area contributed by atoms with E-state index in [1.807, 2.05) is 6.92 Å². The maximum absolute atomic E-state index is 11.1. The number of carbonyl (C=O) groups is 1. The molecule has 0 radical (unpaired) electrons. The first-order valence-electron chi connectivity index (χ1n) is 7.24. The van der Waals surface area contributed by atoms with Crippen LogP contribution in [0.5, 0.6) is 0 Å². The molecule has 0 spiro atoms. The van der Waals surface area contributed by atoms with Crippen molar-refractivity contribution < 1.29 is 9.53 Å². The normalized spacial score (nSPS) is 12.4. The zero-order chi connectivity index (χ0) is 14.1. The molecular weight excluding hydrogens is 240 g/mol. The van der Waals surface area contributed by atoms with Gasteiger partial charge in [0.15, 0.2) is 0 Å². The van der Waals surface area contributed by atoms with Crippen molar-refractivity contribution in [2.45, 2.75) is 58.5 Å². The van der Waals surface area contributed by atoms with Crippen LogP contribution in [0.3, 0.4) is 0 Å². The minimum atomic E-state index is -0.0836. The van der Waals surface area contributed by atoms with E-state index in [1.165, 1.54) is 5.56 Å². The number of aryl methyl sites for hydroxylation is 1. The average Bonchev–Trinajstić information content (AvgIpc) is 2.86. The van der Waals surface area contributed by atoms with Gasteiger partial charge in [0.25, 0.3) is 0 Å². The number of unbranched alkanes of at least 4 members (excludes halogenated alkanes) is 2. The molecule has 0 saturated heterocycles. The van der Waals surface area contributed by atoms with Gasteiger partial charge in [-0.2, -0.15) is 0 Å². The third-order valence-electron chi connectivity index (χ3n) is 3.24. The second kappa shape index (κ2) is 8.75. The highest BCUT2D eigenvalue weighted by Crippen LogP contribution is 2.14. The predicted octanol–water partition coefficient (Wildman–Crippen LogP) is 3.02. The van der Waals surface area contributed by atoms with Crippen LogP contribution >= 0.6 is 0 Å². The average molecular weight is 266 g/mol. The summed E-state index contributed by atoms with van der Waals surface area (Å²) in [6.45, 7) is 5.39. The number of esters is 1. The van der Waals surface area contributed by atoms with E-state index in [1.54, 1.807) is 0 Å². The van der Waals surface area contributed by atoms with E-state index < -0.39 is 0 Å². The number of hydrogen-bond donors (Lipinski definition) is 1. The zero-order valence-electron chi connectivity index (χ0n) is 12.1. The van der Waals surface area contributed by atoms with Gasteiger partial charge in [-0.05, 0) is 37.8 Å². The molecule has 19 heavy (non-hydrogen) atoms. The summed E-state index contributed by atoms with van der Waals surface area (Å²) in [5, 5.41) is 0. The van der Waals surface area contributed by atoms with E-state index in [9.17, 15) is 4.79 Å². The van der Waals surface area contributed by atoms with Crippen molar-refractivity contribution in [3.63, 3.8) is 0 Å². The third kappa shape index (κ3) is 5.92. The Bertz CT molecular complexity index is 374. The second-order valence-electron chi connectivity index (χ2n) is 4.81. The minimum absolute atomic E-state index is 0.0836. The lowest BCUT2D eigenvalue weighted by Gasteiger charge is -2.06. The third-order valence-corrected chi connectivity index (χ3v) is 3.24. The number of hydrogen-bond acceptors (Lipinski definition) is 3. The number of nitrogens with zero attached hydrogens (tertiary/aromatic N) is 1. The predicted molar refractivity (Wildman–Crippen MR) is 76.8 cm³/mol. The summed E-state index contributed by atoms with van der Waals surface area (Å²) >= 11 is 0. The molecule has 4 nitrogen and oxygen atoms in total. The fourth-order valence-electron chi connectivity index (χ4n) is 2.03. The van der Waals surface area contributed by atoms with Crippen molar-refractivity contribution in [2.75, 3.05) is 6.61 Å². The maximum Gasteiger partial charge on any atom is 0.305 e. The molecule has 1 rings (SSSR count). The highest BCUT2D eigenvalue weighted by molar-refractivity contribution is 5.69. The van der Waals surface area contributed by atoms with Crippen LogP contribution in [0.4, 0.5) is 0 Å². The van der Waals surface area contributed by atoms with Crippen LogP contribution in [0, 0.1) is 0 Å². The zero-order valence-corrected chi connectivity index (χ0v) is 12.1. The van der Waals surface area contributed by atoms with Crippen molar-refractivity contribution in [3.05, 3.63) is 24.0 Å². The van der Waals surface area contributed by atoms with Crippen molar-refractivity contribution in [2.24, 2.45) is 5.73 Å². The second-order valence-corrected chi connectivity index (χ2v) is 4.81. The summed E-state index contributed by atoms with van der Waals surface area (Å²) < 4.78 is 7.07. The molecule has 1 aromatic heterocycles. The summed E-state index contributed by atoms with van der Waals surface area (Å²) in [6, 6.07) is 2.23. The Morgan fingerprint density at radius 1 is 1.37 bits per heavy atom. The summed E-state index contributed by atoms with van der Waals surface area (Å²) in [5.74, 6) is -0.0836. The van der Waals surface area contributed by atoms with Gasteiger partial charge in [0.1, 0.15) is 0 Å². The van der Waals surface area contributed by atoms with Crippen molar-refractivity contribution in [3.8, 4) is 0 Å². The molecule has 4 heteroatoms. The van der Waals surface area contributed by atoms with Crippen LogP contribution in [-0.2, 0) is 16.1 Å². The highest BCUT2D eigenvalue weighted by Gasteiger charge is 2.05. The molecule has 1 unspecified atom stereocenters. The molecule has 1 aromatic rings. The standard InChI is InChI=1S/C15H26N2O2/c1-3-14(16)13-9-11-17(12-13)10-7-5-6-8-15(18)19-4-2/h9,11-12,14H,3-8,10,16H2,1-2H3. The quantitative estimate of drug-likeness (QED) is 0.552. The van der Waals surface area contributed by atoms with Crippen LogP contribution < -0.4 is 5.73 Å². The van der Waals surface area contributed by atoms with Crippen molar-refractivity contribution in [1.29, 1.82) is 0 Å². The largest absolute Gasteiger partial charge is 0.466 e. The van der Waals surface area contributed by atoms with Gasteiger partial charge in [-0.25, -0.2) is 0 Å². The van der Waals surface area contributed by atoms with Gasteiger partial charge in [0.2, 0.25) is 0 Å². The van der Waals surface area contributed by atoms with E-state index >= 15 is 0 Å². The molecule has 108 valence electrons. The van der Waals surface area contributed by atoms with Crippen LogP contribution in [0.1, 0.15) is 57.6 Å². The SMILES string of the molecule is CCOC(=O)CCCCCn1ccc(C(N)CC)c1. The monoisotopic (exact) mass is 266 g/mol. The van der Waals surface area contributed by atoms with Crippen LogP contribution in [0.15, 0.2) is 18.5 Å². The lowest BCUT2D eigenvalue weighted by Crippen LogP contribution is -2.07. The van der Waals surface area contributed by atoms with Gasteiger partial charge < -0.3 is 15.0 Å². The van der Waals surface area contributed by atoms with E-state index in [0.717, 1.165) is 32.2 Å². The minimum Gasteiger partial charge on any atom is -0.466 e. The summed E-state index contributed by atoms with van der Waals surface area (Å²) in [7, 11) is 0. The van der Waals surface area contributed by atoms with Gasteiger partial charge in [-0.3, -0.25) is 4.79 Å². The van der Waals surface area contributed by atoms with Crippen molar-refractivity contribution >= 4 is 5.97 Å². The van der Waals surface area contributed by atoms with Crippen molar-refractivity contribution in [1.82, 2.24) is 4.57 Å². The smallest absolute Gasteiger partial charge is 0.305 e. The fourth-order valence-corrected chi connectivity index (χ4v) is 2.03. The summed E-state index contributed by atoms with van der Waals surface area (Å²) in [6.07, 6.45) is 8.73. The van der Waals surface area contributed by atoms with Gasteiger partial charge in [-0.15, -0.1) is 0 Å². The number of carbonyl (C=O) groups excluding carboxylic acids is 1. The first kappa shape index (κ1) is 15.8. The van der Waals surface area contributed by atoms with Crippen LogP contribution in [-0.4, -0.2) is 17.1 Å². The number of nitrogens with two attached hydrogens (primary N) is 1. The van der Waals surface area contributed by atoms with E-state index in [0.29, 0.717) is 13.0 Å². The topological polar surface area (TPSA) is 57.2 Å². The van der Waals surface area contributed by atoms with E-state index in [-0.39, 0.29) is 12.0 Å². The van der Waals surface area contributed by atoms with E-state index in [2.05, 4.69) is 30.0 Å². The molecule has 0 aliphatic carbocycles. The van der Waals surface area contributed by atoms with Gasteiger partial charge >= 0.3 is 5.97 Å². The first-order valence-corrected chi connectivity index (χ1v) is 7.24. The molecule has 1 heterocycles. The molecule has 0 aliphatic heterocycles. The Kier molecular flexibility index (Phi) is 7.26. The molecule has 0 aromatic carbocycles. The fraction of sp³-hybridized carbons (Fsp3) is 0.667. The van der Waals surface area contributed by atoms with Crippen LogP contribution in [0.25, 0.3) is 0 Å². The highest BCUT2D eigenvalue weighted by atomic mass is 16.5. The van der Waals surface area contributed by atoms with Gasteiger partial charge in [0, 0.05) is 31.4 Å². The maximum atomic E-state index is 11.1. The van der Waals surface area contributed by atoms with Gasteiger partial charge in [0.05, 0.1) is 6.61 Å². The Labute approximate surface area is 115 Å². The first-order chi connectivity index (χ1) is 9.17. The number of rotatable bonds is 9. The molecule has 0 fully saturated rings. The Balaban J connectivity index is 2.16. The lowest BCUT2D eigenvalue weighted by atomic mass is 10.1. The molecule has 1 atom stereocenters. The molecule has 2 N–H and O–H groups in total. The van der Waals surface area contributed by atoms with Gasteiger partial charge in [-0.1, -0.05) is 13.3 Å². The molecule has 0 aliphatic rings. The Hall–Kier alpha value is -1.29. The molecule has 0 bridgehead atoms. The number of ether oxygens (including phenoxy) is 1. The Morgan fingerprint density at radius 2 is 2.16 bits per heavy atom. The summed E-state index contributed by atoms with van der Waals surface area (Å²) in [5.41, 5.74) is 7.18. The van der Waals surface area contributed by atoms with Crippen LogP contribution in [0.2, 0.25) is 0 Å². The molecular formula is C15H26N2O2. The summed E-state index contributed by atoms with van der Waals surface area (Å²) in [4.78, 5) is 11.1. The van der Waals surface area contributed by atoms with E-state index in [4.69, 9.17) is 10.5 Å². The lowest BCUT2D eigenvalue weighted by molar-refractivity contribution is -0.143.